The first-order valence-corrected chi connectivity index (χ1v) is 10.8. The fourth-order valence-corrected chi connectivity index (χ4v) is 4.36. The summed E-state index contributed by atoms with van der Waals surface area (Å²) in [5, 5.41) is 4.63. The van der Waals surface area contributed by atoms with Gasteiger partial charge >= 0.3 is 0 Å². The minimum absolute atomic E-state index is 0.671. The molecule has 0 bridgehead atoms. The van der Waals surface area contributed by atoms with E-state index in [0.717, 1.165) is 53.4 Å². The number of H-pyrrole nitrogens is 1. The quantitative estimate of drug-likeness (QED) is 0.550. The largest absolute Gasteiger partial charge is 0.404 e. The maximum atomic E-state index is 5.95. The van der Waals surface area contributed by atoms with Crippen molar-refractivity contribution >= 4 is 22.7 Å². The number of pyridine rings is 1. The molecule has 0 radical (unpaired) electrons. The van der Waals surface area contributed by atoms with Crippen LogP contribution in [0.25, 0.3) is 27.7 Å². The predicted octanol–water partition coefficient (Wildman–Crippen LogP) is 4.53. The summed E-state index contributed by atoms with van der Waals surface area (Å²) in [4.78, 5) is 12.8. The summed E-state index contributed by atoms with van der Waals surface area (Å²) in [5.41, 5.74) is 14.7. The lowest BCUT2D eigenvalue weighted by molar-refractivity contribution is 0.383. The lowest BCUT2D eigenvalue weighted by Gasteiger charge is -2.20. The molecular formula is C25H31N5. The van der Waals surface area contributed by atoms with Crippen LogP contribution in [0.15, 0.2) is 41.5 Å². The second-order valence-electron chi connectivity index (χ2n) is 8.33. The number of piperidine rings is 1. The van der Waals surface area contributed by atoms with Gasteiger partial charge in [0, 0.05) is 58.1 Å². The Labute approximate surface area is 178 Å². The molecule has 5 heteroatoms. The highest BCUT2D eigenvalue weighted by Crippen LogP contribution is 2.31. The highest BCUT2D eigenvalue weighted by Gasteiger charge is 2.13. The first kappa shape index (κ1) is 20.4. The van der Waals surface area contributed by atoms with Crippen molar-refractivity contribution in [3.05, 3.63) is 59.0 Å². The van der Waals surface area contributed by atoms with E-state index >= 15 is 0 Å². The summed E-state index contributed by atoms with van der Waals surface area (Å²) in [6.45, 7) is 9.30. The Morgan fingerprint density at radius 1 is 1.13 bits per heavy atom. The number of aromatic amines is 1. The van der Waals surface area contributed by atoms with Gasteiger partial charge in [-0.1, -0.05) is 12.1 Å². The molecule has 1 aliphatic heterocycles. The number of aromatic nitrogens is 2. The number of allylic oxidation sites excluding steroid dienone is 1. The first-order chi connectivity index (χ1) is 14.5. The molecule has 1 fully saturated rings. The molecule has 1 aliphatic rings. The molecule has 0 amide bonds. The average molecular weight is 402 g/mol. The smallest absolute Gasteiger partial charge is 0.0495 e. The van der Waals surface area contributed by atoms with Crippen molar-refractivity contribution in [1.82, 2.24) is 15.3 Å². The minimum Gasteiger partial charge on any atom is -0.404 e. The Morgan fingerprint density at radius 2 is 1.87 bits per heavy atom. The van der Waals surface area contributed by atoms with Crippen LogP contribution in [-0.4, -0.2) is 35.8 Å². The molecule has 0 spiro atoms. The molecule has 3 aromatic rings. The molecule has 0 atom stereocenters. The topological polar surface area (TPSA) is 79.1 Å². The van der Waals surface area contributed by atoms with Crippen LogP contribution in [0, 0.1) is 26.7 Å². The zero-order chi connectivity index (χ0) is 21.1. The molecule has 3 heterocycles. The van der Waals surface area contributed by atoms with Gasteiger partial charge in [0.1, 0.15) is 0 Å². The third-order valence-corrected chi connectivity index (χ3v) is 5.99. The molecule has 0 unspecified atom stereocenters. The molecule has 2 aromatic heterocycles. The second-order valence-corrected chi connectivity index (χ2v) is 8.33. The minimum atomic E-state index is 0.671. The summed E-state index contributed by atoms with van der Waals surface area (Å²) in [7, 11) is 0. The number of nitrogens with two attached hydrogens (primary N) is 1. The van der Waals surface area contributed by atoms with Crippen LogP contribution >= 0.6 is 0 Å². The number of nitrogens with zero attached hydrogens (tertiary/aromatic N) is 2. The normalized spacial score (nSPS) is 16.0. The Balaban J connectivity index is 1.60. The second kappa shape index (κ2) is 8.84. The van der Waals surface area contributed by atoms with Crippen LogP contribution < -0.4 is 11.1 Å². The maximum Gasteiger partial charge on any atom is 0.0495 e. The van der Waals surface area contributed by atoms with E-state index in [4.69, 9.17) is 10.7 Å². The Morgan fingerprint density at radius 3 is 2.57 bits per heavy atom. The zero-order valence-corrected chi connectivity index (χ0v) is 18.1. The van der Waals surface area contributed by atoms with E-state index in [1.54, 1.807) is 6.20 Å². The standard InChI is InChI=1S/C25H31N5/c1-16-10-21(11-17(2)29-16)25-18(3)23-5-4-20(12-24(23)30-25)22(13-26)15-28-14-19-6-8-27-9-7-19/h4-5,10-13,15,19,27,30H,6-9,14,26H2,1-3H3/b22-13+,28-15?. The Hall–Kier alpha value is -2.92. The lowest BCUT2D eigenvalue weighted by Crippen LogP contribution is -2.28. The van der Waals surface area contributed by atoms with Crippen LogP contribution in [0.1, 0.15) is 35.4 Å². The Bertz CT molecular complexity index is 1080. The van der Waals surface area contributed by atoms with Gasteiger partial charge in [0.05, 0.1) is 0 Å². The van der Waals surface area contributed by atoms with Crippen molar-refractivity contribution < 1.29 is 0 Å². The number of rotatable bonds is 5. The molecule has 0 saturated carbocycles. The number of nitrogens with one attached hydrogen (secondary N) is 2. The number of benzene rings is 1. The predicted molar refractivity (Wildman–Crippen MR) is 127 cm³/mol. The fraction of sp³-hybridized carbons (Fsp3) is 0.360. The first-order valence-electron chi connectivity index (χ1n) is 10.8. The highest BCUT2D eigenvalue weighted by molar-refractivity contribution is 6.10. The van der Waals surface area contributed by atoms with E-state index < -0.39 is 0 Å². The molecule has 0 aliphatic carbocycles. The van der Waals surface area contributed by atoms with Crippen LogP contribution in [0.2, 0.25) is 0 Å². The van der Waals surface area contributed by atoms with Crippen molar-refractivity contribution in [2.45, 2.75) is 33.6 Å². The van der Waals surface area contributed by atoms with E-state index in [1.807, 2.05) is 20.1 Å². The van der Waals surface area contributed by atoms with Gasteiger partial charge in [-0.25, -0.2) is 0 Å². The molecule has 4 rings (SSSR count). The monoisotopic (exact) mass is 401 g/mol. The maximum absolute atomic E-state index is 5.95. The van der Waals surface area contributed by atoms with Crippen LogP contribution in [-0.2, 0) is 0 Å². The third-order valence-electron chi connectivity index (χ3n) is 5.99. The van der Waals surface area contributed by atoms with Gasteiger partial charge in [0.2, 0.25) is 0 Å². The number of aliphatic imine (C=N–C) groups is 1. The van der Waals surface area contributed by atoms with E-state index in [1.165, 1.54) is 29.4 Å². The number of hydrogen-bond donors (Lipinski definition) is 3. The summed E-state index contributed by atoms with van der Waals surface area (Å²) in [6, 6.07) is 10.7. The number of fused-ring (bicyclic) bond motifs is 1. The fourth-order valence-electron chi connectivity index (χ4n) is 4.36. The van der Waals surface area contributed by atoms with Crippen molar-refractivity contribution in [3.8, 4) is 11.3 Å². The molecule has 5 nitrogen and oxygen atoms in total. The van der Waals surface area contributed by atoms with Gasteiger partial charge in [-0.2, -0.15) is 0 Å². The van der Waals surface area contributed by atoms with E-state index in [2.05, 4.69) is 52.5 Å². The summed E-state index contributed by atoms with van der Waals surface area (Å²) < 4.78 is 0. The van der Waals surface area contributed by atoms with Gasteiger partial charge in [-0.3, -0.25) is 9.98 Å². The average Bonchev–Trinajstić information content (AvgIpc) is 3.07. The highest BCUT2D eigenvalue weighted by atomic mass is 14.9. The van der Waals surface area contributed by atoms with Crippen LogP contribution in [0.5, 0.6) is 0 Å². The van der Waals surface area contributed by atoms with E-state index in [0.29, 0.717) is 5.92 Å². The molecular weight excluding hydrogens is 370 g/mol. The van der Waals surface area contributed by atoms with Crippen LogP contribution in [0.4, 0.5) is 0 Å². The SMILES string of the molecule is Cc1cc(-c2[nH]c3cc(/C(C=NCC4CCNCC4)=C/N)ccc3c2C)cc(C)n1. The number of hydrogen-bond acceptors (Lipinski definition) is 4. The molecule has 1 aromatic carbocycles. The van der Waals surface area contributed by atoms with E-state index in [9.17, 15) is 0 Å². The van der Waals surface area contributed by atoms with Crippen molar-refractivity contribution in [1.29, 1.82) is 0 Å². The van der Waals surface area contributed by atoms with Gasteiger partial charge < -0.3 is 16.0 Å². The molecule has 30 heavy (non-hydrogen) atoms. The van der Waals surface area contributed by atoms with Gasteiger partial charge in [0.15, 0.2) is 0 Å². The summed E-state index contributed by atoms with van der Waals surface area (Å²) in [6.07, 6.45) is 5.97. The zero-order valence-electron chi connectivity index (χ0n) is 18.1. The van der Waals surface area contributed by atoms with Crippen molar-refractivity contribution in [2.75, 3.05) is 19.6 Å². The lowest BCUT2D eigenvalue weighted by atomic mass is 9.98. The Kier molecular flexibility index (Phi) is 6.00. The molecule has 156 valence electrons. The van der Waals surface area contributed by atoms with Gasteiger partial charge in [0.25, 0.3) is 0 Å². The van der Waals surface area contributed by atoms with Gasteiger partial charge in [-0.05, 0) is 81.9 Å². The van der Waals surface area contributed by atoms with Crippen molar-refractivity contribution in [3.63, 3.8) is 0 Å². The number of aryl methyl sites for hydroxylation is 3. The van der Waals surface area contributed by atoms with Crippen molar-refractivity contribution in [2.24, 2.45) is 16.6 Å². The van der Waals surface area contributed by atoms with Gasteiger partial charge in [-0.15, -0.1) is 0 Å². The summed E-state index contributed by atoms with van der Waals surface area (Å²) in [5.74, 6) is 0.671. The van der Waals surface area contributed by atoms with E-state index in [-0.39, 0.29) is 0 Å². The molecule has 4 N–H and O–H groups in total. The summed E-state index contributed by atoms with van der Waals surface area (Å²) >= 11 is 0. The van der Waals surface area contributed by atoms with Crippen LogP contribution in [0.3, 0.4) is 0 Å². The molecule has 1 saturated heterocycles. The third kappa shape index (κ3) is 4.31.